The van der Waals surface area contributed by atoms with Crippen LogP contribution in [0.25, 0.3) is 22.4 Å². The van der Waals surface area contributed by atoms with E-state index >= 15 is 0 Å². The van der Waals surface area contributed by atoms with Gasteiger partial charge in [-0.1, -0.05) is 17.3 Å². The fourth-order valence-electron chi connectivity index (χ4n) is 2.41. The van der Waals surface area contributed by atoms with Gasteiger partial charge in [0.2, 0.25) is 0 Å². The van der Waals surface area contributed by atoms with Crippen molar-refractivity contribution < 1.29 is 23.2 Å². The van der Waals surface area contributed by atoms with Crippen molar-refractivity contribution in [2.45, 2.75) is 6.92 Å². The third kappa shape index (κ3) is 3.18. The number of methoxy groups -OCH3 is 1. The first kappa shape index (κ1) is 16.6. The minimum Gasteiger partial charge on any atom is -0.468 e. The number of hydrogen-bond acceptors (Lipinski definition) is 6. The number of nitrogens with one attached hydrogen (secondary N) is 1. The maximum Gasteiger partial charge on any atom is 0.325 e. The SMILES string of the molecule is COC(=O)CNC(=O)c1cc(C)nc2onc(-c3ccccc3F)c12. The Balaban J connectivity index is 2.12. The number of esters is 1. The van der Waals surface area contributed by atoms with E-state index in [9.17, 15) is 14.0 Å². The van der Waals surface area contributed by atoms with Crippen LogP contribution in [0.15, 0.2) is 34.9 Å². The number of aryl methyl sites for hydroxylation is 1. The molecule has 128 valence electrons. The van der Waals surface area contributed by atoms with Gasteiger partial charge in [-0.3, -0.25) is 9.59 Å². The van der Waals surface area contributed by atoms with E-state index < -0.39 is 17.7 Å². The molecule has 1 N–H and O–H groups in total. The molecular formula is C17H14FN3O4. The molecule has 0 unspecified atom stereocenters. The van der Waals surface area contributed by atoms with Crippen LogP contribution in [0.3, 0.4) is 0 Å². The van der Waals surface area contributed by atoms with E-state index in [0.29, 0.717) is 5.69 Å². The number of carbonyl (C=O) groups excluding carboxylic acids is 2. The Kier molecular flexibility index (Phi) is 4.42. The Labute approximate surface area is 141 Å². The van der Waals surface area contributed by atoms with Crippen LogP contribution in [-0.4, -0.2) is 35.7 Å². The van der Waals surface area contributed by atoms with Gasteiger partial charge >= 0.3 is 5.97 Å². The first-order chi connectivity index (χ1) is 12.0. The highest BCUT2D eigenvalue weighted by Crippen LogP contribution is 2.31. The van der Waals surface area contributed by atoms with Gasteiger partial charge in [0.05, 0.1) is 18.1 Å². The molecule has 2 heterocycles. The maximum atomic E-state index is 14.1. The van der Waals surface area contributed by atoms with E-state index in [1.165, 1.54) is 25.3 Å². The predicted octanol–water partition coefficient (Wildman–Crippen LogP) is 2.24. The number of hydrogen-bond donors (Lipinski definition) is 1. The topological polar surface area (TPSA) is 94.3 Å². The number of carbonyl (C=O) groups is 2. The van der Waals surface area contributed by atoms with Crippen LogP contribution in [0.2, 0.25) is 0 Å². The molecule has 25 heavy (non-hydrogen) atoms. The third-order valence-corrected chi connectivity index (χ3v) is 3.57. The lowest BCUT2D eigenvalue weighted by Crippen LogP contribution is -2.30. The van der Waals surface area contributed by atoms with Crippen molar-refractivity contribution in [3.8, 4) is 11.3 Å². The Morgan fingerprint density at radius 1 is 1.32 bits per heavy atom. The van der Waals surface area contributed by atoms with E-state index in [0.717, 1.165) is 0 Å². The Bertz CT molecular complexity index is 968. The number of nitrogens with zero attached hydrogens (tertiary/aromatic N) is 2. The lowest BCUT2D eigenvalue weighted by Gasteiger charge is -2.07. The first-order valence-corrected chi connectivity index (χ1v) is 7.38. The molecule has 0 aliphatic carbocycles. The van der Waals surface area contributed by atoms with Gasteiger partial charge in [-0.15, -0.1) is 0 Å². The zero-order valence-corrected chi connectivity index (χ0v) is 13.5. The fourth-order valence-corrected chi connectivity index (χ4v) is 2.41. The van der Waals surface area contributed by atoms with Crippen molar-refractivity contribution in [1.82, 2.24) is 15.5 Å². The fraction of sp³-hybridized carbons (Fsp3) is 0.176. The van der Waals surface area contributed by atoms with Gasteiger partial charge < -0.3 is 14.6 Å². The summed E-state index contributed by atoms with van der Waals surface area (Å²) in [5.74, 6) is -1.63. The van der Waals surface area contributed by atoms with Gasteiger partial charge in [0.15, 0.2) is 0 Å². The molecule has 7 nitrogen and oxygen atoms in total. The molecule has 0 saturated heterocycles. The van der Waals surface area contributed by atoms with Gasteiger partial charge in [0, 0.05) is 11.3 Å². The second-order valence-electron chi connectivity index (χ2n) is 5.26. The summed E-state index contributed by atoms with van der Waals surface area (Å²) in [7, 11) is 1.22. The van der Waals surface area contributed by atoms with Gasteiger partial charge in [-0.05, 0) is 25.1 Å². The van der Waals surface area contributed by atoms with Crippen LogP contribution in [-0.2, 0) is 9.53 Å². The van der Waals surface area contributed by atoms with Crippen molar-refractivity contribution in [3.05, 3.63) is 47.4 Å². The number of rotatable bonds is 4. The van der Waals surface area contributed by atoms with Crippen LogP contribution < -0.4 is 5.32 Å². The number of amides is 1. The minimum absolute atomic E-state index is 0.112. The second kappa shape index (κ2) is 6.68. The second-order valence-corrected chi connectivity index (χ2v) is 5.26. The molecule has 3 rings (SSSR count). The van der Waals surface area contributed by atoms with Gasteiger partial charge in [0.25, 0.3) is 11.6 Å². The largest absolute Gasteiger partial charge is 0.468 e. The molecular weight excluding hydrogens is 329 g/mol. The van der Waals surface area contributed by atoms with Gasteiger partial charge in [-0.2, -0.15) is 0 Å². The summed E-state index contributed by atoms with van der Waals surface area (Å²) in [6.45, 7) is 1.39. The number of pyridine rings is 1. The summed E-state index contributed by atoms with van der Waals surface area (Å²) >= 11 is 0. The first-order valence-electron chi connectivity index (χ1n) is 7.38. The van der Waals surface area contributed by atoms with E-state index in [1.807, 2.05) is 0 Å². The van der Waals surface area contributed by atoms with E-state index in [1.54, 1.807) is 19.1 Å². The van der Waals surface area contributed by atoms with Gasteiger partial charge in [-0.25, -0.2) is 9.37 Å². The Hall–Kier alpha value is -3.29. The van der Waals surface area contributed by atoms with Crippen molar-refractivity contribution >= 4 is 23.0 Å². The predicted molar refractivity (Wildman–Crippen MR) is 86.3 cm³/mol. The normalized spacial score (nSPS) is 10.7. The molecule has 1 aromatic carbocycles. The number of aromatic nitrogens is 2. The molecule has 0 saturated carbocycles. The van der Waals surface area contributed by atoms with Crippen LogP contribution >= 0.6 is 0 Å². The third-order valence-electron chi connectivity index (χ3n) is 3.57. The number of halogens is 1. The van der Waals surface area contributed by atoms with Crippen molar-refractivity contribution in [1.29, 1.82) is 0 Å². The molecule has 0 atom stereocenters. The highest BCUT2D eigenvalue weighted by atomic mass is 19.1. The summed E-state index contributed by atoms with van der Waals surface area (Å²) < 4.78 is 23.8. The van der Waals surface area contributed by atoms with E-state index in [-0.39, 0.29) is 34.5 Å². The molecule has 0 fully saturated rings. The average molecular weight is 343 g/mol. The molecule has 1 amide bonds. The molecule has 0 bridgehead atoms. The van der Waals surface area contributed by atoms with Crippen molar-refractivity contribution in [3.63, 3.8) is 0 Å². The van der Waals surface area contributed by atoms with Crippen LogP contribution in [0, 0.1) is 12.7 Å². The molecule has 8 heteroatoms. The molecule has 0 aliphatic heterocycles. The standard InChI is InChI=1S/C17H14FN3O4/c1-9-7-11(16(23)19-8-13(22)24-2)14-15(21-25-17(14)20-9)10-5-3-4-6-12(10)18/h3-7H,8H2,1-2H3,(H,19,23). The summed E-state index contributed by atoms with van der Waals surface area (Å²) in [5, 5.41) is 6.60. The highest BCUT2D eigenvalue weighted by Gasteiger charge is 2.22. The summed E-state index contributed by atoms with van der Waals surface area (Å²) in [5.41, 5.74) is 1.18. The summed E-state index contributed by atoms with van der Waals surface area (Å²) in [6.07, 6.45) is 0. The van der Waals surface area contributed by atoms with Crippen LogP contribution in [0.1, 0.15) is 16.1 Å². The molecule has 0 radical (unpaired) electrons. The van der Waals surface area contributed by atoms with Crippen LogP contribution in [0.5, 0.6) is 0 Å². The van der Waals surface area contributed by atoms with Crippen molar-refractivity contribution in [2.75, 3.05) is 13.7 Å². The maximum absolute atomic E-state index is 14.1. The zero-order chi connectivity index (χ0) is 18.0. The molecule has 0 spiro atoms. The number of ether oxygens (including phenoxy) is 1. The minimum atomic E-state index is -0.588. The zero-order valence-electron chi connectivity index (χ0n) is 13.5. The smallest absolute Gasteiger partial charge is 0.325 e. The molecule has 2 aromatic heterocycles. The Morgan fingerprint density at radius 3 is 2.80 bits per heavy atom. The molecule has 3 aromatic rings. The van der Waals surface area contributed by atoms with Crippen molar-refractivity contribution in [2.24, 2.45) is 0 Å². The quantitative estimate of drug-likeness (QED) is 0.730. The average Bonchev–Trinajstić information content (AvgIpc) is 3.02. The monoisotopic (exact) mass is 343 g/mol. The number of benzene rings is 1. The Morgan fingerprint density at radius 2 is 2.08 bits per heavy atom. The summed E-state index contributed by atoms with van der Waals surface area (Å²) in [6, 6.07) is 7.54. The van der Waals surface area contributed by atoms with E-state index in [2.05, 4.69) is 20.2 Å². The lowest BCUT2D eigenvalue weighted by molar-refractivity contribution is -0.139. The summed E-state index contributed by atoms with van der Waals surface area (Å²) in [4.78, 5) is 27.9. The van der Waals surface area contributed by atoms with Crippen LogP contribution in [0.4, 0.5) is 4.39 Å². The lowest BCUT2D eigenvalue weighted by atomic mass is 10.0. The molecule has 0 aliphatic rings. The highest BCUT2D eigenvalue weighted by molar-refractivity contribution is 6.10. The number of fused-ring (bicyclic) bond motifs is 1. The van der Waals surface area contributed by atoms with Gasteiger partial charge in [0.1, 0.15) is 18.1 Å². The van der Waals surface area contributed by atoms with E-state index in [4.69, 9.17) is 4.52 Å².